The molecule has 3 heteroatoms. The van der Waals surface area contributed by atoms with Crippen molar-refractivity contribution in [3.05, 3.63) is 64.2 Å². The van der Waals surface area contributed by atoms with Gasteiger partial charge < -0.3 is 10.1 Å². The van der Waals surface area contributed by atoms with Gasteiger partial charge in [-0.1, -0.05) is 42.8 Å². The summed E-state index contributed by atoms with van der Waals surface area (Å²) in [5, 5.41) is 4.24. The van der Waals surface area contributed by atoms with Gasteiger partial charge in [0.05, 0.1) is 13.2 Å². The largest absolute Gasteiger partial charge is 0.496 e. The minimum absolute atomic E-state index is 0.0780. The first-order chi connectivity index (χ1) is 9.65. The molecule has 0 aromatic heterocycles. The Balaban J connectivity index is 2.48. The lowest BCUT2D eigenvalue weighted by Crippen LogP contribution is -2.22. The lowest BCUT2D eigenvalue weighted by atomic mass is 9.96. The fourth-order valence-corrected chi connectivity index (χ4v) is 2.55. The van der Waals surface area contributed by atoms with Gasteiger partial charge in [0.1, 0.15) is 5.75 Å². The van der Waals surface area contributed by atoms with Gasteiger partial charge in [-0.25, -0.2) is 0 Å². The Morgan fingerprint density at radius 3 is 2.65 bits per heavy atom. The summed E-state index contributed by atoms with van der Waals surface area (Å²) in [5.41, 5.74) is 3.45. The lowest BCUT2D eigenvalue weighted by Gasteiger charge is -2.22. The molecule has 0 bridgehead atoms. The topological polar surface area (TPSA) is 21.3 Å². The second-order valence-electron chi connectivity index (χ2n) is 4.79. The van der Waals surface area contributed by atoms with E-state index in [0.717, 1.165) is 28.4 Å². The molecule has 0 aliphatic carbocycles. The number of nitrogens with one attached hydrogen (secondary N) is 1. The zero-order valence-electron chi connectivity index (χ0n) is 12.1. The number of ether oxygens (including phenoxy) is 1. The third-order valence-corrected chi connectivity index (χ3v) is 3.53. The number of methoxy groups -OCH3 is 1. The summed E-state index contributed by atoms with van der Waals surface area (Å²) in [6, 6.07) is 14.3. The molecule has 0 spiro atoms. The molecule has 0 amide bonds. The Morgan fingerprint density at radius 2 is 2.00 bits per heavy atom. The zero-order chi connectivity index (χ0) is 14.5. The van der Waals surface area contributed by atoms with E-state index < -0.39 is 0 Å². The van der Waals surface area contributed by atoms with Gasteiger partial charge in [0.2, 0.25) is 0 Å². The molecule has 0 aliphatic heterocycles. The van der Waals surface area contributed by atoms with E-state index >= 15 is 0 Å². The van der Waals surface area contributed by atoms with E-state index in [1.807, 2.05) is 18.2 Å². The minimum atomic E-state index is 0.0780. The van der Waals surface area contributed by atoms with Gasteiger partial charge in [-0.05, 0) is 42.8 Å². The predicted octanol–water partition coefficient (Wildman–Crippen LogP) is 4.36. The molecule has 2 aromatic rings. The van der Waals surface area contributed by atoms with Crippen LogP contribution in [0.15, 0.2) is 42.5 Å². The molecule has 2 rings (SSSR count). The van der Waals surface area contributed by atoms with Crippen molar-refractivity contribution in [2.45, 2.75) is 19.9 Å². The first kappa shape index (κ1) is 14.9. The van der Waals surface area contributed by atoms with Crippen LogP contribution in [0.4, 0.5) is 0 Å². The SMILES string of the molecule is CCNC(c1cccc(Cl)c1)c1ccc(C)cc1OC. The molecule has 106 valence electrons. The van der Waals surface area contributed by atoms with Crippen molar-refractivity contribution >= 4 is 11.6 Å². The maximum absolute atomic E-state index is 6.12. The molecule has 1 N–H and O–H groups in total. The van der Waals surface area contributed by atoms with Crippen LogP contribution in [0.1, 0.15) is 29.7 Å². The van der Waals surface area contributed by atoms with E-state index in [9.17, 15) is 0 Å². The van der Waals surface area contributed by atoms with Gasteiger partial charge in [0.25, 0.3) is 0 Å². The summed E-state index contributed by atoms with van der Waals surface area (Å²) in [7, 11) is 1.71. The molecule has 2 aromatic carbocycles. The third-order valence-electron chi connectivity index (χ3n) is 3.29. The summed E-state index contributed by atoms with van der Waals surface area (Å²) < 4.78 is 5.53. The smallest absolute Gasteiger partial charge is 0.124 e. The van der Waals surface area contributed by atoms with Gasteiger partial charge >= 0.3 is 0 Å². The van der Waals surface area contributed by atoms with Crippen LogP contribution in [0, 0.1) is 6.92 Å². The highest BCUT2D eigenvalue weighted by Gasteiger charge is 2.17. The van der Waals surface area contributed by atoms with Gasteiger partial charge in [0.15, 0.2) is 0 Å². The van der Waals surface area contributed by atoms with Gasteiger partial charge in [0, 0.05) is 10.6 Å². The van der Waals surface area contributed by atoms with Crippen LogP contribution < -0.4 is 10.1 Å². The second kappa shape index (κ2) is 6.78. The van der Waals surface area contributed by atoms with E-state index in [1.54, 1.807) is 7.11 Å². The number of benzene rings is 2. The van der Waals surface area contributed by atoms with E-state index in [4.69, 9.17) is 16.3 Å². The van der Waals surface area contributed by atoms with Crippen molar-refractivity contribution < 1.29 is 4.74 Å². The minimum Gasteiger partial charge on any atom is -0.496 e. The average Bonchev–Trinajstić information content (AvgIpc) is 2.45. The quantitative estimate of drug-likeness (QED) is 0.883. The standard InChI is InChI=1S/C17H20ClNO/c1-4-19-17(13-6-5-7-14(18)11-13)15-9-8-12(2)10-16(15)20-3/h5-11,17,19H,4H2,1-3H3. The molecule has 0 heterocycles. The Bertz CT molecular complexity index is 583. The van der Waals surface area contributed by atoms with Crippen molar-refractivity contribution in [1.82, 2.24) is 5.32 Å². The molecular formula is C17H20ClNO. The number of rotatable bonds is 5. The Kier molecular flexibility index (Phi) is 5.05. The predicted molar refractivity (Wildman–Crippen MR) is 84.7 cm³/mol. The number of hydrogen-bond acceptors (Lipinski definition) is 2. The average molecular weight is 290 g/mol. The molecule has 20 heavy (non-hydrogen) atoms. The van der Waals surface area contributed by atoms with Crippen LogP contribution in [0.2, 0.25) is 5.02 Å². The maximum Gasteiger partial charge on any atom is 0.124 e. The fourth-order valence-electron chi connectivity index (χ4n) is 2.35. The van der Waals surface area contributed by atoms with Gasteiger partial charge in [-0.2, -0.15) is 0 Å². The van der Waals surface area contributed by atoms with E-state index in [2.05, 4.69) is 43.4 Å². The first-order valence-corrected chi connectivity index (χ1v) is 7.17. The van der Waals surface area contributed by atoms with Crippen LogP contribution in [0.5, 0.6) is 5.75 Å². The molecule has 1 unspecified atom stereocenters. The molecule has 2 nitrogen and oxygen atoms in total. The lowest BCUT2D eigenvalue weighted by molar-refractivity contribution is 0.404. The summed E-state index contributed by atoms with van der Waals surface area (Å²) in [6.07, 6.45) is 0. The highest BCUT2D eigenvalue weighted by atomic mass is 35.5. The van der Waals surface area contributed by atoms with E-state index in [0.29, 0.717) is 0 Å². The second-order valence-corrected chi connectivity index (χ2v) is 5.23. The van der Waals surface area contributed by atoms with Crippen LogP contribution in [0.3, 0.4) is 0 Å². The van der Waals surface area contributed by atoms with Crippen molar-refractivity contribution in [1.29, 1.82) is 0 Å². The van der Waals surface area contributed by atoms with E-state index in [1.165, 1.54) is 5.56 Å². The summed E-state index contributed by atoms with van der Waals surface area (Å²) in [4.78, 5) is 0. The molecule has 0 aliphatic rings. The van der Waals surface area contributed by atoms with Gasteiger partial charge in [-0.15, -0.1) is 0 Å². The van der Waals surface area contributed by atoms with Crippen molar-refractivity contribution in [3.8, 4) is 5.75 Å². The maximum atomic E-state index is 6.12. The molecule has 0 fully saturated rings. The Morgan fingerprint density at radius 1 is 1.20 bits per heavy atom. The van der Waals surface area contributed by atoms with Crippen LogP contribution in [-0.4, -0.2) is 13.7 Å². The van der Waals surface area contributed by atoms with Gasteiger partial charge in [-0.3, -0.25) is 0 Å². The molecule has 1 atom stereocenters. The summed E-state index contributed by atoms with van der Waals surface area (Å²) in [5.74, 6) is 0.899. The molecule has 0 radical (unpaired) electrons. The Labute approximate surface area is 125 Å². The number of hydrogen-bond donors (Lipinski definition) is 1. The molecule has 0 saturated heterocycles. The van der Waals surface area contributed by atoms with Crippen molar-refractivity contribution in [3.63, 3.8) is 0 Å². The third kappa shape index (κ3) is 3.33. The highest BCUT2D eigenvalue weighted by molar-refractivity contribution is 6.30. The van der Waals surface area contributed by atoms with Crippen LogP contribution in [0.25, 0.3) is 0 Å². The van der Waals surface area contributed by atoms with Crippen LogP contribution in [-0.2, 0) is 0 Å². The highest BCUT2D eigenvalue weighted by Crippen LogP contribution is 2.31. The van der Waals surface area contributed by atoms with E-state index in [-0.39, 0.29) is 6.04 Å². The van der Waals surface area contributed by atoms with Crippen molar-refractivity contribution in [2.24, 2.45) is 0 Å². The fraction of sp³-hybridized carbons (Fsp3) is 0.294. The van der Waals surface area contributed by atoms with Crippen molar-refractivity contribution in [2.75, 3.05) is 13.7 Å². The first-order valence-electron chi connectivity index (χ1n) is 6.79. The number of aryl methyl sites for hydroxylation is 1. The zero-order valence-corrected chi connectivity index (χ0v) is 12.9. The summed E-state index contributed by atoms with van der Waals surface area (Å²) >= 11 is 6.12. The number of halogens is 1. The molecule has 0 saturated carbocycles. The Hall–Kier alpha value is -1.51. The summed E-state index contributed by atoms with van der Waals surface area (Å²) in [6.45, 7) is 5.03. The van der Waals surface area contributed by atoms with Crippen LogP contribution >= 0.6 is 11.6 Å². The monoisotopic (exact) mass is 289 g/mol. The normalized spacial score (nSPS) is 12.2. The molecular weight excluding hydrogens is 270 g/mol.